The Morgan fingerprint density at radius 2 is 1.79 bits per heavy atom. The van der Waals surface area contributed by atoms with Gasteiger partial charge in [-0.1, -0.05) is 26.8 Å². The van der Waals surface area contributed by atoms with Crippen LogP contribution in [0.5, 0.6) is 0 Å². The fourth-order valence-electron chi connectivity index (χ4n) is 1.63. The molecular formula is C13H21N. The fourth-order valence-corrected chi connectivity index (χ4v) is 1.63. The van der Waals surface area contributed by atoms with Crippen LogP contribution in [0.4, 0.5) is 0 Å². The number of nitrogens with zero attached hydrogens (tertiary/aromatic N) is 1. The fraction of sp³-hybridized carbons (Fsp3) is 0.615. The van der Waals surface area contributed by atoms with Crippen molar-refractivity contribution >= 4 is 0 Å². The first-order valence-electron chi connectivity index (χ1n) is 5.47. The molecule has 0 spiro atoms. The van der Waals surface area contributed by atoms with Crippen LogP contribution in [0.25, 0.3) is 0 Å². The van der Waals surface area contributed by atoms with Crippen LogP contribution < -0.4 is 0 Å². The minimum Gasteiger partial charge on any atom is -0.261 e. The highest BCUT2D eigenvalue weighted by Crippen LogP contribution is 2.31. The lowest BCUT2D eigenvalue weighted by atomic mass is 9.78. The molecule has 1 aromatic heterocycles. The van der Waals surface area contributed by atoms with Gasteiger partial charge in [-0.05, 0) is 43.2 Å². The van der Waals surface area contributed by atoms with Crippen molar-refractivity contribution < 1.29 is 0 Å². The summed E-state index contributed by atoms with van der Waals surface area (Å²) in [5, 5.41) is 0. The molecule has 0 amide bonds. The minimum atomic E-state index is 0.297. The van der Waals surface area contributed by atoms with Crippen LogP contribution in [0.3, 0.4) is 0 Å². The monoisotopic (exact) mass is 191 g/mol. The molecule has 0 aliphatic carbocycles. The molecule has 1 nitrogen and oxygen atoms in total. The molecular weight excluding hydrogens is 170 g/mol. The summed E-state index contributed by atoms with van der Waals surface area (Å²) in [5.74, 6) is 0. The summed E-state index contributed by atoms with van der Waals surface area (Å²) in [6.45, 7) is 11.0. The summed E-state index contributed by atoms with van der Waals surface area (Å²) in [6, 6.07) is 2.29. The van der Waals surface area contributed by atoms with Gasteiger partial charge in [0.2, 0.25) is 0 Å². The number of aryl methyl sites for hydroxylation is 2. The van der Waals surface area contributed by atoms with Gasteiger partial charge >= 0.3 is 0 Å². The first-order chi connectivity index (χ1) is 6.53. The predicted octanol–water partition coefficient (Wildman–Crippen LogP) is 3.78. The highest BCUT2D eigenvalue weighted by molar-refractivity contribution is 5.28. The average molecular weight is 191 g/mol. The Morgan fingerprint density at radius 1 is 1.21 bits per heavy atom. The van der Waals surface area contributed by atoms with E-state index in [4.69, 9.17) is 0 Å². The van der Waals surface area contributed by atoms with Gasteiger partial charge in [-0.3, -0.25) is 4.98 Å². The van der Waals surface area contributed by atoms with E-state index in [1.807, 2.05) is 6.20 Å². The van der Waals surface area contributed by atoms with Gasteiger partial charge in [0, 0.05) is 11.9 Å². The molecule has 0 unspecified atom stereocenters. The largest absolute Gasteiger partial charge is 0.261 e. The third-order valence-corrected chi connectivity index (χ3v) is 3.60. The van der Waals surface area contributed by atoms with Crippen molar-refractivity contribution in [3.63, 3.8) is 0 Å². The summed E-state index contributed by atoms with van der Waals surface area (Å²) < 4.78 is 0. The van der Waals surface area contributed by atoms with Crippen molar-refractivity contribution in [2.24, 2.45) is 0 Å². The lowest BCUT2D eigenvalue weighted by Crippen LogP contribution is -2.20. The Morgan fingerprint density at radius 3 is 2.21 bits per heavy atom. The topological polar surface area (TPSA) is 12.9 Å². The van der Waals surface area contributed by atoms with E-state index in [2.05, 4.69) is 45.7 Å². The van der Waals surface area contributed by atoms with Crippen LogP contribution in [0.1, 0.15) is 50.4 Å². The zero-order valence-electron chi connectivity index (χ0n) is 10.0. The maximum atomic E-state index is 4.44. The molecule has 0 atom stereocenters. The van der Waals surface area contributed by atoms with Gasteiger partial charge < -0.3 is 0 Å². The quantitative estimate of drug-likeness (QED) is 0.708. The summed E-state index contributed by atoms with van der Waals surface area (Å²) >= 11 is 0. The van der Waals surface area contributed by atoms with Gasteiger partial charge in [-0.15, -0.1) is 0 Å². The molecule has 1 heterocycles. The zero-order chi connectivity index (χ0) is 10.8. The Labute approximate surface area is 87.6 Å². The van der Waals surface area contributed by atoms with Gasteiger partial charge in [-0.2, -0.15) is 0 Å². The van der Waals surface area contributed by atoms with Gasteiger partial charge in [0.25, 0.3) is 0 Å². The lowest BCUT2D eigenvalue weighted by molar-refractivity contribution is 0.437. The summed E-state index contributed by atoms with van der Waals surface area (Å²) in [4.78, 5) is 4.44. The zero-order valence-corrected chi connectivity index (χ0v) is 10.0. The molecule has 0 fully saturated rings. The highest BCUT2D eigenvalue weighted by Gasteiger charge is 2.22. The van der Waals surface area contributed by atoms with Crippen molar-refractivity contribution in [3.05, 3.63) is 29.1 Å². The number of hydrogen-bond donors (Lipinski definition) is 0. The molecule has 0 aromatic carbocycles. The van der Waals surface area contributed by atoms with Crippen LogP contribution in [0.2, 0.25) is 0 Å². The average Bonchev–Trinajstić information content (AvgIpc) is 2.21. The molecule has 0 radical (unpaired) electrons. The van der Waals surface area contributed by atoms with Gasteiger partial charge in [0.15, 0.2) is 0 Å². The Bertz CT molecular complexity index is 311. The van der Waals surface area contributed by atoms with Crippen molar-refractivity contribution in [3.8, 4) is 0 Å². The molecule has 0 N–H and O–H groups in total. The van der Waals surface area contributed by atoms with Gasteiger partial charge in [0.1, 0.15) is 0 Å². The van der Waals surface area contributed by atoms with Crippen LogP contribution >= 0.6 is 0 Å². The van der Waals surface area contributed by atoms with Crippen molar-refractivity contribution in [2.45, 2.75) is 52.9 Å². The second-order valence-electron chi connectivity index (χ2n) is 4.39. The van der Waals surface area contributed by atoms with Gasteiger partial charge in [-0.25, -0.2) is 0 Å². The standard InChI is InChI=1S/C13H21N/c1-6-13(5,7-2)12-8-10(3)11(4)14-9-12/h8-9H,6-7H2,1-5H3. The Kier molecular flexibility index (Phi) is 3.30. The van der Waals surface area contributed by atoms with Crippen LogP contribution in [-0.4, -0.2) is 4.98 Å². The number of pyridine rings is 1. The van der Waals surface area contributed by atoms with E-state index in [9.17, 15) is 0 Å². The van der Waals surface area contributed by atoms with E-state index in [0.29, 0.717) is 5.41 Å². The second kappa shape index (κ2) is 4.12. The van der Waals surface area contributed by atoms with E-state index in [0.717, 1.165) is 5.69 Å². The van der Waals surface area contributed by atoms with Crippen molar-refractivity contribution in [1.29, 1.82) is 0 Å². The van der Waals surface area contributed by atoms with E-state index in [1.165, 1.54) is 24.0 Å². The summed E-state index contributed by atoms with van der Waals surface area (Å²) in [7, 11) is 0. The van der Waals surface area contributed by atoms with Crippen LogP contribution in [-0.2, 0) is 5.41 Å². The Balaban J connectivity index is 3.12. The summed E-state index contributed by atoms with van der Waals surface area (Å²) in [5.41, 5.74) is 4.12. The Hall–Kier alpha value is -0.850. The molecule has 14 heavy (non-hydrogen) atoms. The number of aromatic nitrogens is 1. The minimum absolute atomic E-state index is 0.297. The van der Waals surface area contributed by atoms with Crippen LogP contribution in [0, 0.1) is 13.8 Å². The smallest absolute Gasteiger partial charge is 0.0401 e. The summed E-state index contributed by atoms with van der Waals surface area (Å²) in [6.07, 6.45) is 4.39. The van der Waals surface area contributed by atoms with E-state index >= 15 is 0 Å². The SMILES string of the molecule is CCC(C)(CC)c1cnc(C)c(C)c1. The first-order valence-corrected chi connectivity index (χ1v) is 5.47. The van der Waals surface area contributed by atoms with E-state index < -0.39 is 0 Å². The van der Waals surface area contributed by atoms with Crippen molar-refractivity contribution in [2.75, 3.05) is 0 Å². The number of hydrogen-bond acceptors (Lipinski definition) is 1. The van der Waals surface area contributed by atoms with Crippen molar-refractivity contribution in [1.82, 2.24) is 4.98 Å². The molecule has 78 valence electrons. The molecule has 0 aliphatic heterocycles. The molecule has 0 saturated heterocycles. The molecule has 0 aliphatic rings. The second-order valence-corrected chi connectivity index (χ2v) is 4.39. The maximum Gasteiger partial charge on any atom is 0.0401 e. The molecule has 1 heteroatoms. The maximum absolute atomic E-state index is 4.44. The highest BCUT2D eigenvalue weighted by atomic mass is 14.7. The molecule has 0 bridgehead atoms. The third kappa shape index (κ3) is 1.97. The van der Waals surface area contributed by atoms with E-state index in [-0.39, 0.29) is 0 Å². The number of rotatable bonds is 3. The third-order valence-electron chi connectivity index (χ3n) is 3.60. The normalized spacial score (nSPS) is 11.8. The molecule has 1 rings (SSSR count). The lowest BCUT2D eigenvalue weighted by Gasteiger charge is -2.27. The molecule has 1 aromatic rings. The van der Waals surface area contributed by atoms with Crippen LogP contribution in [0.15, 0.2) is 12.3 Å². The van der Waals surface area contributed by atoms with E-state index in [1.54, 1.807) is 0 Å². The molecule has 0 saturated carbocycles. The van der Waals surface area contributed by atoms with Gasteiger partial charge in [0.05, 0.1) is 0 Å². The predicted molar refractivity (Wildman–Crippen MR) is 61.6 cm³/mol. The first kappa shape index (κ1) is 11.2.